The van der Waals surface area contributed by atoms with Gasteiger partial charge in [0.05, 0.1) is 11.5 Å². The maximum atomic E-state index is 11.6. The average Bonchev–Trinajstić information content (AvgIpc) is 2.28. The lowest BCUT2D eigenvalue weighted by Gasteiger charge is -1.97. The number of allylic oxidation sites excluding steroid dienone is 1. The van der Waals surface area contributed by atoms with Gasteiger partial charge in [0, 0.05) is 0 Å². The second kappa shape index (κ2) is 6.40. The van der Waals surface area contributed by atoms with Gasteiger partial charge in [0.1, 0.15) is 0 Å². The molecule has 17 heavy (non-hydrogen) atoms. The third kappa shape index (κ3) is 6.07. The molecule has 0 aromatic heterocycles. The van der Waals surface area contributed by atoms with Crippen molar-refractivity contribution >= 4 is 15.9 Å². The van der Waals surface area contributed by atoms with Crippen molar-refractivity contribution in [1.29, 1.82) is 0 Å². The Morgan fingerprint density at radius 1 is 1.12 bits per heavy atom. The van der Waals surface area contributed by atoms with Crippen molar-refractivity contribution in [3.63, 3.8) is 0 Å². The van der Waals surface area contributed by atoms with Crippen molar-refractivity contribution in [2.45, 2.75) is 13.8 Å². The van der Waals surface area contributed by atoms with Crippen molar-refractivity contribution in [3.8, 4) is 0 Å². The summed E-state index contributed by atoms with van der Waals surface area (Å²) >= 11 is 0. The molecule has 1 aromatic rings. The maximum Gasteiger partial charge on any atom is 0.157 e. The van der Waals surface area contributed by atoms with Gasteiger partial charge in [0.15, 0.2) is 9.84 Å². The van der Waals surface area contributed by atoms with E-state index >= 15 is 0 Å². The molecule has 0 N–H and O–H groups in total. The zero-order chi connectivity index (χ0) is 12.7. The molecule has 0 saturated heterocycles. The molecule has 0 amide bonds. The molecule has 3 heteroatoms. The second-order valence-electron chi connectivity index (χ2n) is 4.17. The van der Waals surface area contributed by atoms with Crippen LogP contribution in [-0.4, -0.2) is 19.9 Å². The predicted octanol–water partition coefficient (Wildman–Crippen LogP) is 3.08. The van der Waals surface area contributed by atoms with Crippen LogP contribution in [0.15, 0.2) is 48.1 Å². The molecule has 0 unspecified atom stereocenters. The second-order valence-corrected chi connectivity index (χ2v) is 6.33. The van der Waals surface area contributed by atoms with E-state index in [1.165, 1.54) is 0 Å². The third-order valence-corrected chi connectivity index (χ3v) is 3.58. The largest absolute Gasteiger partial charge is 0.228 e. The first kappa shape index (κ1) is 13.7. The van der Waals surface area contributed by atoms with Crippen LogP contribution in [-0.2, 0) is 9.84 Å². The van der Waals surface area contributed by atoms with E-state index in [0.717, 1.165) is 11.1 Å². The van der Waals surface area contributed by atoms with Gasteiger partial charge in [0.2, 0.25) is 0 Å². The lowest BCUT2D eigenvalue weighted by Crippen LogP contribution is -2.07. The standard InChI is InChI=1S/C14H18O2S/c1-13(2)10-12-17(15,16)11-6-9-14-7-4-3-5-8-14/h3-10H,11-12H2,1-2H3/b9-6+. The molecule has 0 fully saturated rings. The Balaban J connectivity index is 2.56. The number of hydrogen-bond acceptors (Lipinski definition) is 2. The van der Waals surface area contributed by atoms with Crippen molar-refractivity contribution in [1.82, 2.24) is 0 Å². The Morgan fingerprint density at radius 3 is 2.35 bits per heavy atom. The highest BCUT2D eigenvalue weighted by atomic mass is 32.2. The smallest absolute Gasteiger partial charge is 0.157 e. The number of hydrogen-bond donors (Lipinski definition) is 0. The molecular weight excluding hydrogens is 232 g/mol. The highest BCUT2D eigenvalue weighted by Gasteiger charge is 2.05. The molecule has 0 spiro atoms. The van der Waals surface area contributed by atoms with E-state index < -0.39 is 9.84 Å². The van der Waals surface area contributed by atoms with Crippen LogP contribution in [0.1, 0.15) is 19.4 Å². The summed E-state index contributed by atoms with van der Waals surface area (Å²) in [6.07, 6.45) is 5.27. The van der Waals surface area contributed by atoms with Crippen LogP contribution in [0.4, 0.5) is 0 Å². The fourth-order valence-electron chi connectivity index (χ4n) is 1.26. The van der Waals surface area contributed by atoms with Gasteiger partial charge in [0.25, 0.3) is 0 Å². The van der Waals surface area contributed by atoms with Crippen molar-refractivity contribution in [3.05, 3.63) is 53.6 Å². The van der Waals surface area contributed by atoms with Gasteiger partial charge in [-0.3, -0.25) is 0 Å². The molecule has 1 rings (SSSR count). The van der Waals surface area contributed by atoms with Crippen LogP contribution >= 0.6 is 0 Å². The van der Waals surface area contributed by atoms with Crippen LogP contribution in [0.2, 0.25) is 0 Å². The topological polar surface area (TPSA) is 34.1 Å². The summed E-state index contributed by atoms with van der Waals surface area (Å²) in [4.78, 5) is 0. The van der Waals surface area contributed by atoms with Gasteiger partial charge in [-0.05, 0) is 19.4 Å². The van der Waals surface area contributed by atoms with E-state index in [4.69, 9.17) is 0 Å². The first-order chi connectivity index (χ1) is 7.99. The van der Waals surface area contributed by atoms with Crippen LogP contribution in [0, 0.1) is 0 Å². The van der Waals surface area contributed by atoms with Crippen molar-refractivity contribution in [2.24, 2.45) is 0 Å². The first-order valence-electron chi connectivity index (χ1n) is 5.55. The Bertz CT molecular complexity index is 492. The predicted molar refractivity (Wildman–Crippen MR) is 73.6 cm³/mol. The first-order valence-corrected chi connectivity index (χ1v) is 7.37. The highest BCUT2D eigenvalue weighted by molar-refractivity contribution is 7.91. The Morgan fingerprint density at radius 2 is 1.76 bits per heavy atom. The molecular formula is C14H18O2S. The van der Waals surface area contributed by atoms with E-state index in [-0.39, 0.29) is 11.5 Å². The zero-order valence-corrected chi connectivity index (χ0v) is 11.1. The van der Waals surface area contributed by atoms with E-state index in [2.05, 4.69) is 0 Å². The Labute approximate surface area is 104 Å². The van der Waals surface area contributed by atoms with E-state index in [0.29, 0.717) is 0 Å². The van der Waals surface area contributed by atoms with Crippen LogP contribution in [0.25, 0.3) is 6.08 Å². The minimum atomic E-state index is -3.01. The third-order valence-electron chi connectivity index (χ3n) is 2.21. The van der Waals surface area contributed by atoms with Gasteiger partial charge < -0.3 is 0 Å². The minimum Gasteiger partial charge on any atom is -0.228 e. The van der Waals surface area contributed by atoms with Crippen LogP contribution < -0.4 is 0 Å². The maximum absolute atomic E-state index is 11.6. The normalized spacial score (nSPS) is 11.6. The minimum absolute atomic E-state index is 0.0890. The fraction of sp³-hybridized carbons (Fsp3) is 0.286. The van der Waals surface area contributed by atoms with Gasteiger partial charge in [-0.2, -0.15) is 0 Å². The Hall–Kier alpha value is -1.35. The summed E-state index contributed by atoms with van der Waals surface area (Å²) in [7, 11) is -3.01. The highest BCUT2D eigenvalue weighted by Crippen LogP contribution is 2.02. The van der Waals surface area contributed by atoms with E-state index in [1.807, 2.05) is 50.3 Å². The summed E-state index contributed by atoms with van der Waals surface area (Å²) in [6.45, 7) is 3.80. The molecule has 0 aliphatic rings. The quantitative estimate of drug-likeness (QED) is 0.753. The van der Waals surface area contributed by atoms with Gasteiger partial charge in [-0.25, -0.2) is 8.42 Å². The summed E-state index contributed by atoms with van der Waals surface area (Å²) < 4.78 is 23.3. The molecule has 0 aliphatic carbocycles. The molecule has 2 nitrogen and oxygen atoms in total. The van der Waals surface area contributed by atoms with E-state index in [1.54, 1.807) is 12.2 Å². The van der Waals surface area contributed by atoms with Gasteiger partial charge in [-0.1, -0.05) is 54.1 Å². The zero-order valence-electron chi connectivity index (χ0n) is 10.3. The fourth-order valence-corrected chi connectivity index (χ4v) is 2.37. The average molecular weight is 250 g/mol. The molecule has 0 bridgehead atoms. The molecule has 0 saturated carbocycles. The van der Waals surface area contributed by atoms with E-state index in [9.17, 15) is 8.42 Å². The molecule has 1 aromatic carbocycles. The molecule has 92 valence electrons. The summed E-state index contributed by atoms with van der Waals surface area (Å²) in [5, 5.41) is 0. The van der Waals surface area contributed by atoms with Gasteiger partial charge >= 0.3 is 0 Å². The van der Waals surface area contributed by atoms with Crippen molar-refractivity contribution in [2.75, 3.05) is 11.5 Å². The molecule has 0 radical (unpaired) electrons. The number of benzene rings is 1. The SMILES string of the molecule is CC(C)=CCS(=O)(=O)C/C=C/c1ccccc1. The Kier molecular flexibility index (Phi) is 5.16. The van der Waals surface area contributed by atoms with Crippen LogP contribution in [0.3, 0.4) is 0 Å². The number of sulfone groups is 1. The summed E-state index contributed by atoms with van der Waals surface area (Å²) in [6, 6.07) is 9.68. The molecule has 0 heterocycles. The monoisotopic (exact) mass is 250 g/mol. The lowest BCUT2D eigenvalue weighted by atomic mass is 10.2. The molecule has 0 atom stereocenters. The van der Waals surface area contributed by atoms with Crippen LogP contribution in [0.5, 0.6) is 0 Å². The molecule has 0 aliphatic heterocycles. The lowest BCUT2D eigenvalue weighted by molar-refractivity contribution is 0.602. The van der Waals surface area contributed by atoms with Gasteiger partial charge in [-0.15, -0.1) is 0 Å². The van der Waals surface area contributed by atoms with Crippen molar-refractivity contribution < 1.29 is 8.42 Å². The summed E-state index contributed by atoms with van der Waals surface area (Å²) in [5.41, 5.74) is 2.05. The number of rotatable bonds is 5. The summed E-state index contributed by atoms with van der Waals surface area (Å²) in [5.74, 6) is 0.208.